The van der Waals surface area contributed by atoms with E-state index >= 15 is 0 Å². The predicted molar refractivity (Wildman–Crippen MR) is 151 cm³/mol. The summed E-state index contributed by atoms with van der Waals surface area (Å²) in [5, 5.41) is 3.38. The van der Waals surface area contributed by atoms with Gasteiger partial charge in [0.15, 0.2) is 0 Å². The Hall–Kier alpha value is -2.81. The molecule has 3 aliphatic rings. The van der Waals surface area contributed by atoms with Gasteiger partial charge in [0.2, 0.25) is 0 Å². The minimum Gasteiger partial charge on any atom is -0.459 e. The van der Waals surface area contributed by atoms with Crippen LogP contribution in [0.2, 0.25) is 0 Å². The Morgan fingerprint density at radius 2 is 2.10 bits per heavy atom. The van der Waals surface area contributed by atoms with Crippen molar-refractivity contribution >= 4 is 17.4 Å². The first kappa shape index (κ1) is 27.7. The lowest BCUT2D eigenvalue weighted by molar-refractivity contribution is -0.151. The summed E-state index contributed by atoms with van der Waals surface area (Å²) in [5.74, 6) is 0.0305. The zero-order valence-electron chi connectivity index (χ0n) is 23.4. The van der Waals surface area contributed by atoms with Gasteiger partial charge in [-0.15, -0.1) is 0 Å². The third kappa shape index (κ3) is 6.68. The number of pyridine rings is 1. The number of carbonyl (C=O) groups excluding carboxylic acids is 1. The minimum atomic E-state index is -0.368. The van der Waals surface area contributed by atoms with E-state index in [0.29, 0.717) is 26.2 Å². The second-order valence-electron chi connectivity index (χ2n) is 11.2. The molecule has 210 valence electrons. The Morgan fingerprint density at radius 1 is 1.23 bits per heavy atom. The van der Waals surface area contributed by atoms with Crippen molar-refractivity contribution in [1.29, 1.82) is 0 Å². The third-order valence-corrected chi connectivity index (χ3v) is 8.19. The summed E-state index contributed by atoms with van der Waals surface area (Å²) in [5.41, 5.74) is 6.02. The van der Waals surface area contributed by atoms with Gasteiger partial charge in [-0.05, 0) is 68.7 Å². The highest BCUT2D eigenvalue weighted by molar-refractivity contribution is 6.04. The topological polar surface area (TPSA) is 91.2 Å². The summed E-state index contributed by atoms with van der Waals surface area (Å²) >= 11 is 0. The number of hydrogen-bond donors (Lipinski definition) is 1. The molecule has 0 spiro atoms. The average Bonchev–Trinajstić information content (AvgIpc) is 3.60. The summed E-state index contributed by atoms with van der Waals surface area (Å²) < 4.78 is 18.6. The van der Waals surface area contributed by atoms with Gasteiger partial charge in [0, 0.05) is 49.9 Å². The van der Waals surface area contributed by atoms with E-state index in [0.717, 1.165) is 73.2 Å². The number of rotatable bonds is 9. The number of nitrogens with one attached hydrogen (secondary N) is 1. The molecular formula is C31H41N3O5. The van der Waals surface area contributed by atoms with Crippen molar-refractivity contribution in [1.82, 2.24) is 9.88 Å². The molecule has 4 atom stereocenters. The van der Waals surface area contributed by atoms with Crippen molar-refractivity contribution < 1.29 is 19.0 Å². The van der Waals surface area contributed by atoms with Crippen LogP contribution in [0.5, 0.6) is 0 Å². The fourth-order valence-corrected chi connectivity index (χ4v) is 5.91. The summed E-state index contributed by atoms with van der Waals surface area (Å²) in [7, 11) is 1.80. The Balaban J connectivity index is 1.38. The molecule has 0 bridgehead atoms. The standard InChI is InChI=1S/C31H41N3O5/c1-4-27(31(36)39-26-11-13-37-19-26)32-17-21-7-8-22-9-10-23(16-25-6-5-12-38-25)29(33-28(22)15-21)24-14-20(2)30(35)34(3)18-24/h7-8,14-15,18,23,25-27,32H,4-6,9-13,16-17,19H2,1-3H3/t23?,25-,26-,27-/m0/s1. The monoisotopic (exact) mass is 535 g/mol. The number of fused-ring (bicyclic) bond motifs is 1. The Kier molecular flexibility index (Phi) is 8.95. The van der Waals surface area contributed by atoms with Crippen LogP contribution in [0, 0.1) is 12.8 Å². The smallest absolute Gasteiger partial charge is 0.323 e. The molecule has 0 aliphatic carbocycles. The Bertz CT molecular complexity index is 1230. The van der Waals surface area contributed by atoms with Crippen LogP contribution in [0.1, 0.15) is 67.7 Å². The fourth-order valence-electron chi connectivity index (χ4n) is 5.91. The highest BCUT2D eigenvalue weighted by Gasteiger charge is 2.29. The molecule has 1 aromatic carbocycles. The number of hydrogen-bond acceptors (Lipinski definition) is 7. The molecule has 8 heteroatoms. The third-order valence-electron chi connectivity index (χ3n) is 8.19. The molecule has 1 unspecified atom stereocenters. The molecule has 0 saturated carbocycles. The summed E-state index contributed by atoms with van der Waals surface area (Å²) in [6, 6.07) is 8.04. The van der Waals surface area contributed by atoms with E-state index in [4.69, 9.17) is 19.2 Å². The minimum absolute atomic E-state index is 0.0156. The summed E-state index contributed by atoms with van der Waals surface area (Å²) in [6.45, 7) is 6.36. The van der Waals surface area contributed by atoms with Crippen molar-refractivity contribution in [3.63, 3.8) is 0 Å². The predicted octanol–water partition coefficient (Wildman–Crippen LogP) is 4.15. The van der Waals surface area contributed by atoms with Crippen molar-refractivity contribution in [2.45, 2.75) is 83.6 Å². The van der Waals surface area contributed by atoms with Gasteiger partial charge >= 0.3 is 5.97 Å². The number of aryl methyl sites for hydroxylation is 3. The molecule has 2 saturated heterocycles. The van der Waals surface area contributed by atoms with Crippen LogP contribution < -0.4 is 10.9 Å². The summed E-state index contributed by atoms with van der Waals surface area (Å²) in [4.78, 5) is 30.4. The molecule has 4 heterocycles. The van der Waals surface area contributed by atoms with Gasteiger partial charge in [0.05, 0.1) is 30.7 Å². The highest BCUT2D eigenvalue weighted by Crippen LogP contribution is 2.34. The highest BCUT2D eigenvalue weighted by atomic mass is 16.6. The first-order valence-corrected chi connectivity index (χ1v) is 14.4. The number of esters is 1. The maximum atomic E-state index is 12.7. The maximum Gasteiger partial charge on any atom is 0.323 e. The van der Waals surface area contributed by atoms with Crippen LogP contribution in [-0.2, 0) is 39.0 Å². The van der Waals surface area contributed by atoms with E-state index in [1.807, 2.05) is 26.1 Å². The van der Waals surface area contributed by atoms with Crippen molar-refractivity contribution in [2.75, 3.05) is 19.8 Å². The molecule has 8 nitrogen and oxygen atoms in total. The van der Waals surface area contributed by atoms with Gasteiger partial charge in [-0.1, -0.05) is 19.1 Å². The van der Waals surface area contributed by atoms with E-state index in [1.54, 1.807) is 11.6 Å². The molecule has 0 radical (unpaired) electrons. The maximum absolute atomic E-state index is 12.7. The second kappa shape index (κ2) is 12.6. The van der Waals surface area contributed by atoms with Gasteiger partial charge in [-0.2, -0.15) is 0 Å². The number of nitrogens with zero attached hydrogens (tertiary/aromatic N) is 2. The van der Waals surface area contributed by atoms with Crippen molar-refractivity contribution in [3.05, 3.63) is 63.1 Å². The number of aromatic nitrogens is 1. The summed E-state index contributed by atoms with van der Waals surface area (Å²) in [6.07, 6.45) is 8.51. The van der Waals surface area contributed by atoms with Crippen LogP contribution in [0.15, 0.2) is 40.2 Å². The molecular weight excluding hydrogens is 494 g/mol. The van der Waals surface area contributed by atoms with Crippen LogP contribution in [0.4, 0.5) is 5.69 Å². The lowest BCUT2D eigenvalue weighted by Gasteiger charge is -2.21. The quantitative estimate of drug-likeness (QED) is 0.485. The van der Waals surface area contributed by atoms with E-state index in [9.17, 15) is 9.59 Å². The largest absolute Gasteiger partial charge is 0.459 e. The van der Waals surface area contributed by atoms with Crippen LogP contribution in [-0.4, -0.2) is 54.3 Å². The molecule has 5 rings (SSSR count). The van der Waals surface area contributed by atoms with E-state index in [2.05, 4.69) is 23.5 Å². The van der Waals surface area contributed by atoms with E-state index in [1.165, 1.54) is 5.56 Å². The first-order chi connectivity index (χ1) is 18.9. The zero-order chi connectivity index (χ0) is 27.4. The van der Waals surface area contributed by atoms with E-state index < -0.39 is 0 Å². The number of carbonyl (C=O) groups is 1. The SMILES string of the molecule is CC[C@H](NCc1ccc2c(c1)N=C(c1cc(C)c(=O)n(C)c1)C(C[C@@H]1CCCO1)CC2)C(=O)O[C@H]1CCOC1. The van der Waals surface area contributed by atoms with Crippen LogP contribution >= 0.6 is 0 Å². The molecule has 1 N–H and O–H groups in total. The van der Waals surface area contributed by atoms with E-state index in [-0.39, 0.29) is 35.7 Å². The van der Waals surface area contributed by atoms with Crippen molar-refractivity contribution in [2.24, 2.45) is 18.0 Å². The first-order valence-electron chi connectivity index (χ1n) is 14.4. The Labute approximate surface area is 230 Å². The van der Waals surface area contributed by atoms with Gasteiger partial charge < -0.3 is 24.1 Å². The number of aliphatic imine (C=N–C) groups is 1. The van der Waals surface area contributed by atoms with Crippen molar-refractivity contribution in [3.8, 4) is 0 Å². The normalized spacial score (nSPS) is 23.7. The molecule has 0 amide bonds. The molecule has 1 aromatic heterocycles. The lowest BCUT2D eigenvalue weighted by Crippen LogP contribution is -2.39. The number of ether oxygens (including phenoxy) is 3. The molecule has 2 fully saturated rings. The molecule has 3 aliphatic heterocycles. The van der Waals surface area contributed by atoms with Crippen LogP contribution in [0.25, 0.3) is 0 Å². The molecule has 39 heavy (non-hydrogen) atoms. The average molecular weight is 536 g/mol. The fraction of sp³-hybridized carbons (Fsp3) is 0.581. The second-order valence-corrected chi connectivity index (χ2v) is 11.2. The Morgan fingerprint density at radius 3 is 2.82 bits per heavy atom. The van der Waals surface area contributed by atoms with Gasteiger partial charge in [0.1, 0.15) is 12.1 Å². The zero-order valence-corrected chi connectivity index (χ0v) is 23.4. The van der Waals surface area contributed by atoms with Gasteiger partial charge in [-0.3, -0.25) is 14.6 Å². The lowest BCUT2D eigenvalue weighted by atomic mass is 9.87. The molecule has 2 aromatic rings. The van der Waals surface area contributed by atoms with Crippen LogP contribution in [0.3, 0.4) is 0 Å². The van der Waals surface area contributed by atoms with Gasteiger partial charge in [0.25, 0.3) is 5.56 Å². The van der Waals surface area contributed by atoms with Gasteiger partial charge in [-0.25, -0.2) is 0 Å². The number of benzene rings is 1.